The Kier molecular flexibility index (Phi) is 6.29. The zero-order valence-corrected chi connectivity index (χ0v) is 16.7. The van der Waals surface area contributed by atoms with E-state index in [2.05, 4.69) is 10.2 Å². The summed E-state index contributed by atoms with van der Waals surface area (Å²) in [4.78, 5) is 12.7. The molecule has 1 unspecified atom stereocenters. The van der Waals surface area contributed by atoms with Crippen LogP contribution in [-0.2, 0) is 4.74 Å². The molecule has 7 heteroatoms. The molecule has 7 nitrogen and oxygen atoms in total. The van der Waals surface area contributed by atoms with E-state index >= 15 is 0 Å². The smallest absolute Gasteiger partial charge is 0.339 e. The number of esters is 1. The van der Waals surface area contributed by atoms with Crippen molar-refractivity contribution in [3.05, 3.63) is 65.6 Å². The molecule has 0 amide bonds. The van der Waals surface area contributed by atoms with Gasteiger partial charge in [-0.05, 0) is 38.1 Å². The molecule has 0 N–H and O–H groups in total. The third-order valence-corrected chi connectivity index (χ3v) is 4.18. The van der Waals surface area contributed by atoms with Crippen molar-refractivity contribution in [1.82, 2.24) is 10.2 Å². The van der Waals surface area contributed by atoms with E-state index in [4.69, 9.17) is 18.6 Å². The van der Waals surface area contributed by atoms with Crippen molar-refractivity contribution in [3.8, 4) is 23.0 Å². The highest BCUT2D eigenvalue weighted by molar-refractivity contribution is 5.91. The fourth-order valence-corrected chi connectivity index (χ4v) is 2.79. The molecule has 0 radical (unpaired) electrons. The van der Waals surface area contributed by atoms with Gasteiger partial charge in [0.25, 0.3) is 5.89 Å². The van der Waals surface area contributed by atoms with Crippen LogP contribution in [0.1, 0.15) is 41.8 Å². The second kappa shape index (κ2) is 9.05. The zero-order chi connectivity index (χ0) is 20.8. The Hall–Kier alpha value is -3.61. The number of ether oxygens (including phenoxy) is 3. The SMILES string of the molecule is C/C=C/c1cc(C(=O)OC(C)c2nnc(-c3ccccc3)o2)cc(OC)c1OC. The molecule has 0 spiro atoms. The lowest BCUT2D eigenvalue weighted by Crippen LogP contribution is -2.10. The highest BCUT2D eigenvalue weighted by Gasteiger charge is 2.22. The molecular formula is C22H22N2O5. The van der Waals surface area contributed by atoms with Gasteiger partial charge >= 0.3 is 5.97 Å². The lowest BCUT2D eigenvalue weighted by atomic mass is 10.1. The van der Waals surface area contributed by atoms with Crippen LogP contribution in [0.25, 0.3) is 17.5 Å². The van der Waals surface area contributed by atoms with E-state index in [1.807, 2.05) is 49.4 Å². The summed E-state index contributed by atoms with van der Waals surface area (Å²) in [6, 6.07) is 12.6. The van der Waals surface area contributed by atoms with E-state index in [1.165, 1.54) is 7.11 Å². The predicted molar refractivity (Wildman–Crippen MR) is 108 cm³/mol. The van der Waals surface area contributed by atoms with Gasteiger partial charge in [0.05, 0.1) is 19.8 Å². The van der Waals surface area contributed by atoms with Gasteiger partial charge in [-0.15, -0.1) is 10.2 Å². The highest BCUT2D eigenvalue weighted by Crippen LogP contribution is 2.34. The number of aromatic nitrogens is 2. The standard InChI is InChI=1S/C22H22N2O5/c1-5-9-16-12-17(13-18(26-3)19(16)27-4)22(25)28-14(2)20-23-24-21(29-20)15-10-7-6-8-11-15/h5-14H,1-4H3/b9-5+. The minimum atomic E-state index is -0.717. The van der Waals surface area contributed by atoms with Crippen LogP contribution in [0.15, 0.2) is 53.0 Å². The minimum absolute atomic E-state index is 0.214. The summed E-state index contributed by atoms with van der Waals surface area (Å²) in [6.07, 6.45) is 2.95. The monoisotopic (exact) mass is 394 g/mol. The molecule has 1 atom stereocenters. The summed E-state index contributed by atoms with van der Waals surface area (Å²) in [5, 5.41) is 8.02. The maximum atomic E-state index is 12.7. The number of nitrogens with zero attached hydrogens (tertiary/aromatic N) is 2. The molecule has 3 aromatic rings. The average Bonchev–Trinajstić information content (AvgIpc) is 3.24. The average molecular weight is 394 g/mol. The number of rotatable bonds is 7. The molecule has 29 heavy (non-hydrogen) atoms. The number of hydrogen-bond acceptors (Lipinski definition) is 7. The molecule has 0 saturated carbocycles. The second-order valence-electron chi connectivity index (χ2n) is 6.16. The minimum Gasteiger partial charge on any atom is -0.493 e. The van der Waals surface area contributed by atoms with E-state index in [9.17, 15) is 4.79 Å². The number of allylic oxidation sites excluding steroid dienone is 1. The molecule has 0 aliphatic rings. The van der Waals surface area contributed by atoms with Gasteiger partial charge in [-0.2, -0.15) is 0 Å². The van der Waals surface area contributed by atoms with Gasteiger partial charge in [0, 0.05) is 11.1 Å². The normalized spacial score (nSPS) is 12.0. The molecule has 1 heterocycles. The molecule has 0 aliphatic carbocycles. The lowest BCUT2D eigenvalue weighted by Gasteiger charge is -2.14. The first kappa shape index (κ1) is 20.1. The zero-order valence-electron chi connectivity index (χ0n) is 16.7. The van der Waals surface area contributed by atoms with Gasteiger partial charge in [-0.3, -0.25) is 0 Å². The van der Waals surface area contributed by atoms with Crippen molar-refractivity contribution < 1.29 is 23.4 Å². The summed E-state index contributed by atoms with van der Waals surface area (Å²) in [5.74, 6) is 1.02. The summed E-state index contributed by atoms with van der Waals surface area (Å²) in [6.45, 7) is 3.55. The fourth-order valence-electron chi connectivity index (χ4n) is 2.79. The van der Waals surface area contributed by atoms with Crippen LogP contribution in [0.2, 0.25) is 0 Å². The largest absolute Gasteiger partial charge is 0.493 e. The molecule has 0 saturated heterocycles. The molecule has 0 bridgehead atoms. The predicted octanol–water partition coefficient (Wildman–Crippen LogP) is 4.70. The van der Waals surface area contributed by atoms with E-state index in [0.717, 1.165) is 5.56 Å². The Bertz CT molecular complexity index is 1010. The van der Waals surface area contributed by atoms with Crippen LogP contribution in [0.3, 0.4) is 0 Å². The molecule has 150 valence electrons. The number of carbonyl (C=O) groups excluding carboxylic acids is 1. The Morgan fingerprint density at radius 3 is 2.52 bits per heavy atom. The van der Waals surface area contributed by atoms with Crippen LogP contribution in [0, 0.1) is 0 Å². The van der Waals surface area contributed by atoms with Crippen LogP contribution >= 0.6 is 0 Å². The van der Waals surface area contributed by atoms with Crippen molar-refractivity contribution in [2.75, 3.05) is 14.2 Å². The van der Waals surface area contributed by atoms with Gasteiger partial charge in [0.1, 0.15) is 0 Å². The van der Waals surface area contributed by atoms with Crippen molar-refractivity contribution in [2.45, 2.75) is 20.0 Å². The van der Waals surface area contributed by atoms with E-state index in [-0.39, 0.29) is 5.89 Å². The maximum Gasteiger partial charge on any atom is 0.339 e. The Balaban J connectivity index is 1.81. The van der Waals surface area contributed by atoms with Crippen LogP contribution in [-0.4, -0.2) is 30.4 Å². The van der Waals surface area contributed by atoms with Crippen molar-refractivity contribution >= 4 is 12.0 Å². The Morgan fingerprint density at radius 1 is 1.10 bits per heavy atom. The fraction of sp³-hybridized carbons (Fsp3) is 0.227. The van der Waals surface area contributed by atoms with E-state index in [1.54, 1.807) is 26.2 Å². The number of benzene rings is 2. The summed E-state index contributed by atoms with van der Waals surface area (Å²) < 4.78 is 21.9. The Morgan fingerprint density at radius 2 is 1.86 bits per heavy atom. The number of methoxy groups -OCH3 is 2. The van der Waals surface area contributed by atoms with Crippen molar-refractivity contribution in [1.29, 1.82) is 0 Å². The number of hydrogen-bond donors (Lipinski definition) is 0. The molecule has 3 rings (SSSR count). The van der Waals surface area contributed by atoms with Crippen molar-refractivity contribution in [3.63, 3.8) is 0 Å². The maximum absolute atomic E-state index is 12.7. The number of carbonyl (C=O) groups is 1. The topological polar surface area (TPSA) is 83.7 Å². The quantitative estimate of drug-likeness (QED) is 0.537. The highest BCUT2D eigenvalue weighted by atomic mass is 16.6. The molecule has 1 aromatic heterocycles. The first-order chi connectivity index (χ1) is 14.1. The van der Waals surface area contributed by atoms with Crippen LogP contribution in [0.5, 0.6) is 11.5 Å². The summed E-state index contributed by atoms with van der Waals surface area (Å²) in [5.41, 5.74) is 1.82. The van der Waals surface area contributed by atoms with Gasteiger partial charge in [0.2, 0.25) is 5.89 Å². The van der Waals surface area contributed by atoms with Gasteiger partial charge < -0.3 is 18.6 Å². The third-order valence-electron chi connectivity index (χ3n) is 4.18. The first-order valence-corrected chi connectivity index (χ1v) is 9.05. The summed E-state index contributed by atoms with van der Waals surface area (Å²) in [7, 11) is 3.06. The third kappa shape index (κ3) is 4.45. The second-order valence-corrected chi connectivity index (χ2v) is 6.16. The van der Waals surface area contributed by atoms with Crippen molar-refractivity contribution in [2.24, 2.45) is 0 Å². The summed E-state index contributed by atoms with van der Waals surface area (Å²) >= 11 is 0. The van der Waals surface area contributed by atoms with E-state index < -0.39 is 12.1 Å². The molecule has 0 fully saturated rings. The van der Waals surface area contributed by atoms with Gasteiger partial charge in [-0.25, -0.2) is 4.79 Å². The van der Waals surface area contributed by atoms with Crippen LogP contribution in [0.4, 0.5) is 0 Å². The first-order valence-electron chi connectivity index (χ1n) is 9.05. The molecule has 2 aromatic carbocycles. The van der Waals surface area contributed by atoms with Crippen LogP contribution < -0.4 is 9.47 Å². The molecular weight excluding hydrogens is 372 g/mol. The molecule has 0 aliphatic heterocycles. The van der Waals surface area contributed by atoms with E-state index in [0.29, 0.717) is 28.5 Å². The lowest BCUT2D eigenvalue weighted by molar-refractivity contribution is 0.0279. The van der Waals surface area contributed by atoms with Gasteiger partial charge in [-0.1, -0.05) is 30.4 Å². The Labute approximate surface area is 168 Å². The van der Waals surface area contributed by atoms with Gasteiger partial charge in [0.15, 0.2) is 17.6 Å².